The molecule has 2 aromatic rings. The van der Waals surface area contributed by atoms with Gasteiger partial charge in [0.1, 0.15) is 5.02 Å². The Balaban J connectivity index is 2.22. The van der Waals surface area contributed by atoms with E-state index in [1.807, 2.05) is 0 Å². The van der Waals surface area contributed by atoms with E-state index >= 15 is 0 Å². The Labute approximate surface area is 135 Å². The molecule has 2 N–H and O–H groups in total. The number of nitro groups is 1. The molecule has 1 amide bonds. The Bertz CT molecular complexity index is 880. The predicted molar refractivity (Wildman–Crippen MR) is 82.3 cm³/mol. The molecule has 10 heteroatoms. The van der Waals surface area contributed by atoms with Crippen molar-refractivity contribution in [2.75, 3.05) is 5.32 Å². The number of nitrogens with one attached hydrogen (secondary N) is 1. The van der Waals surface area contributed by atoms with Crippen molar-refractivity contribution < 1.29 is 22.7 Å². The number of rotatable bonds is 4. The number of nitro benzene ring substituents is 1. The number of anilines is 1. The third-order valence-corrected chi connectivity index (χ3v) is 4.00. The Morgan fingerprint density at radius 3 is 2.30 bits per heavy atom. The maximum absolute atomic E-state index is 12.0. The number of carbonyl (C=O) groups excluding carboxylic acids is 1. The van der Waals surface area contributed by atoms with Crippen molar-refractivity contribution in [3.8, 4) is 0 Å². The number of hydrogen-bond acceptors (Lipinski definition) is 5. The van der Waals surface area contributed by atoms with Gasteiger partial charge in [-0.2, -0.15) is 8.42 Å². The second-order valence-electron chi connectivity index (χ2n) is 4.38. The van der Waals surface area contributed by atoms with E-state index in [-0.39, 0.29) is 21.2 Å². The van der Waals surface area contributed by atoms with E-state index in [9.17, 15) is 23.3 Å². The molecule has 0 aromatic heterocycles. The zero-order valence-electron chi connectivity index (χ0n) is 11.3. The number of nitrogens with zero attached hydrogens (tertiary/aromatic N) is 1. The minimum absolute atomic E-state index is 0.0138. The van der Waals surface area contributed by atoms with Crippen LogP contribution in [-0.4, -0.2) is 23.8 Å². The highest BCUT2D eigenvalue weighted by molar-refractivity contribution is 7.85. The Kier molecular flexibility index (Phi) is 4.64. The molecular weight excluding hydrogens is 348 g/mol. The van der Waals surface area contributed by atoms with E-state index < -0.39 is 26.6 Å². The molecule has 0 bridgehead atoms. The Hall–Kier alpha value is -2.49. The van der Waals surface area contributed by atoms with Crippen LogP contribution in [0, 0.1) is 10.1 Å². The van der Waals surface area contributed by atoms with Crippen LogP contribution in [0.3, 0.4) is 0 Å². The van der Waals surface area contributed by atoms with Crippen molar-refractivity contribution in [3.63, 3.8) is 0 Å². The van der Waals surface area contributed by atoms with Gasteiger partial charge in [-0.3, -0.25) is 19.5 Å². The van der Waals surface area contributed by atoms with Crippen LogP contribution in [0.1, 0.15) is 10.4 Å². The lowest BCUT2D eigenvalue weighted by Crippen LogP contribution is -2.12. The zero-order chi connectivity index (χ0) is 17.2. The normalized spacial score (nSPS) is 11.0. The number of benzene rings is 2. The molecule has 120 valence electrons. The van der Waals surface area contributed by atoms with Crippen LogP contribution >= 0.6 is 11.6 Å². The summed E-state index contributed by atoms with van der Waals surface area (Å²) in [4.78, 5) is 21.8. The molecule has 0 saturated heterocycles. The van der Waals surface area contributed by atoms with Crippen LogP contribution in [-0.2, 0) is 10.1 Å². The van der Waals surface area contributed by atoms with Gasteiger partial charge in [0.2, 0.25) is 0 Å². The minimum atomic E-state index is -4.32. The van der Waals surface area contributed by atoms with E-state index in [1.165, 1.54) is 24.3 Å². The number of halogens is 1. The highest BCUT2D eigenvalue weighted by Gasteiger charge is 2.16. The van der Waals surface area contributed by atoms with Gasteiger partial charge in [0.25, 0.3) is 21.7 Å². The van der Waals surface area contributed by atoms with Gasteiger partial charge in [-0.05, 0) is 36.4 Å². The van der Waals surface area contributed by atoms with Crippen molar-refractivity contribution in [2.45, 2.75) is 4.90 Å². The summed E-state index contributed by atoms with van der Waals surface area (Å²) in [5.41, 5.74) is -0.138. The molecular formula is C13H9ClN2O6S. The summed E-state index contributed by atoms with van der Waals surface area (Å²) in [6.07, 6.45) is 0. The molecule has 0 fully saturated rings. The molecule has 0 saturated carbocycles. The lowest BCUT2D eigenvalue weighted by atomic mass is 10.2. The van der Waals surface area contributed by atoms with Crippen LogP contribution in [0.15, 0.2) is 47.4 Å². The second-order valence-corrected chi connectivity index (χ2v) is 6.21. The largest absolute Gasteiger partial charge is 0.322 e. The molecule has 2 rings (SSSR count). The first-order valence-electron chi connectivity index (χ1n) is 6.01. The van der Waals surface area contributed by atoms with Gasteiger partial charge in [-0.25, -0.2) is 0 Å². The van der Waals surface area contributed by atoms with E-state index in [4.69, 9.17) is 16.2 Å². The highest BCUT2D eigenvalue weighted by Crippen LogP contribution is 2.25. The average Bonchev–Trinajstić information content (AvgIpc) is 2.47. The highest BCUT2D eigenvalue weighted by atomic mass is 35.5. The molecule has 0 aliphatic carbocycles. The van der Waals surface area contributed by atoms with E-state index in [1.54, 1.807) is 0 Å². The maximum atomic E-state index is 12.0. The molecule has 8 nitrogen and oxygen atoms in total. The summed E-state index contributed by atoms with van der Waals surface area (Å²) in [5.74, 6) is -0.635. The third kappa shape index (κ3) is 4.03. The maximum Gasteiger partial charge on any atom is 0.294 e. The van der Waals surface area contributed by atoms with Crippen LogP contribution in [0.2, 0.25) is 5.02 Å². The lowest BCUT2D eigenvalue weighted by molar-refractivity contribution is -0.384. The summed E-state index contributed by atoms with van der Waals surface area (Å²) >= 11 is 5.66. The average molecular weight is 357 g/mol. The fraction of sp³-hybridized carbons (Fsp3) is 0. The predicted octanol–water partition coefficient (Wildman–Crippen LogP) is 2.75. The van der Waals surface area contributed by atoms with Gasteiger partial charge >= 0.3 is 0 Å². The number of hydrogen-bond donors (Lipinski definition) is 2. The zero-order valence-corrected chi connectivity index (χ0v) is 12.8. The van der Waals surface area contributed by atoms with Crippen LogP contribution in [0.5, 0.6) is 0 Å². The summed E-state index contributed by atoms with van der Waals surface area (Å²) < 4.78 is 30.7. The summed E-state index contributed by atoms with van der Waals surface area (Å²) in [5, 5.41) is 13.1. The molecule has 0 unspecified atom stereocenters. The first-order valence-corrected chi connectivity index (χ1v) is 7.83. The molecule has 0 heterocycles. The van der Waals surface area contributed by atoms with Gasteiger partial charge in [0.15, 0.2) is 0 Å². The number of carbonyl (C=O) groups is 1. The lowest BCUT2D eigenvalue weighted by Gasteiger charge is -2.06. The number of amides is 1. The van der Waals surface area contributed by atoms with Crippen molar-refractivity contribution in [2.24, 2.45) is 0 Å². The smallest absolute Gasteiger partial charge is 0.294 e. The Morgan fingerprint density at radius 1 is 1.17 bits per heavy atom. The van der Waals surface area contributed by atoms with Gasteiger partial charge in [-0.1, -0.05) is 11.6 Å². The molecule has 2 aromatic carbocycles. The fourth-order valence-corrected chi connectivity index (χ4v) is 2.37. The fourth-order valence-electron chi connectivity index (χ4n) is 1.71. The SMILES string of the molecule is O=C(Nc1ccc(S(=O)(=O)O)cc1)c1ccc(Cl)c([N+](=O)[O-])c1. The van der Waals surface area contributed by atoms with Crippen molar-refractivity contribution >= 4 is 39.0 Å². The quantitative estimate of drug-likeness (QED) is 0.492. The third-order valence-electron chi connectivity index (χ3n) is 2.82. The first kappa shape index (κ1) is 16.9. The summed E-state index contributed by atoms with van der Waals surface area (Å²) in [7, 11) is -4.32. The summed E-state index contributed by atoms with van der Waals surface area (Å²) in [6.45, 7) is 0. The molecule has 0 spiro atoms. The second kappa shape index (κ2) is 6.32. The Morgan fingerprint density at radius 2 is 1.78 bits per heavy atom. The molecule has 0 atom stereocenters. The first-order chi connectivity index (χ1) is 10.7. The van der Waals surface area contributed by atoms with Gasteiger partial charge in [0.05, 0.1) is 9.82 Å². The monoisotopic (exact) mass is 356 g/mol. The van der Waals surface area contributed by atoms with Gasteiger partial charge < -0.3 is 5.32 Å². The molecule has 0 aliphatic heterocycles. The van der Waals surface area contributed by atoms with Gasteiger partial charge in [-0.15, -0.1) is 0 Å². The molecule has 0 aliphatic rings. The standard InChI is InChI=1S/C13H9ClN2O6S/c14-11-6-1-8(7-12(11)16(18)19)13(17)15-9-2-4-10(5-3-9)23(20,21)22/h1-7H,(H,15,17)(H,20,21,22). The topological polar surface area (TPSA) is 127 Å². The van der Waals surface area contributed by atoms with Crippen LogP contribution in [0.25, 0.3) is 0 Å². The molecule has 0 radical (unpaired) electrons. The molecule has 23 heavy (non-hydrogen) atoms. The van der Waals surface area contributed by atoms with Crippen molar-refractivity contribution in [1.29, 1.82) is 0 Å². The van der Waals surface area contributed by atoms with E-state index in [2.05, 4.69) is 5.32 Å². The van der Waals surface area contributed by atoms with Crippen molar-refractivity contribution in [1.82, 2.24) is 0 Å². The summed E-state index contributed by atoms with van der Waals surface area (Å²) in [6, 6.07) is 8.33. The van der Waals surface area contributed by atoms with Gasteiger partial charge in [0, 0.05) is 17.3 Å². The van der Waals surface area contributed by atoms with E-state index in [0.29, 0.717) is 0 Å². The van der Waals surface area contributed by atoms with Crippen LogP contribution < -0.4 is 5.32 Å². The minimum Gasteiger partial charge on any atom is -0.322 e. The van der Waals surface area contributed by atoms with E-state index in [0.717, 1.165) is 18.2 Å². The van der Waals surface area contributed by atoms with Crippen LogP contribution in [0.4, 0.5) is 11.4 Å². The van der Waals surface area contributed by atoms with Crippen molar-refractivity contribution in [3.05, 3.63) is 63.2 Å².